The summed E-state index contributed by atoms with van der Waals surface area (Å²) in [5.74, 6) is -0.444. The van der Waals surface area contributed by atoms with Crippen LogP contribution in [0.1, 0.15) is 31.4 Å². The second kappa shape index (κ2) is 9.08. The molecule has 0 bridgehead atoms. The van der Waals surface area contributed by atoms with Crippen molar-refractivity contribution in [3.05, 3.63) is 90.5 Å². The summed E-state index contributed by atoms with van der Waals surface area (Å²) in [5.41, 5.74) is 2.26. The molecule has 33 heavy (non-hydrogen) atoms. The normalized spacial score (nSPS) is 22.0. The van der Waals surface area contributed by atoms with Crippen molar-refractivity contribution in [2.45, 2.75) is 31.9 Å². The van der Waals surface area contributed by atoms with Gasteiger partial charge in [-0.25, -0.2) is 9.96 Å². The van der Waals surface area contributed by atoms with E-state index in [1.54, 1.807) is 17.2 Å². The van der Waals surface area contributed by atoms with Gasteiger partial charge in [0.15, 0.2) is 6.10 Å². The third-order valence-corrected chi connectivity index (χ3v) is 6.13. The number of nitrogens with zero attached hydrogens (tertiary/aromatic N) is 2. The minimum atomic E-state index is -0.872. The first-order valence-corrected chi connectivity index (χ1v) is 11.4. The van der Waals surface area contributed by atoms with Crippen molar-refractivity contribution < 1.29 is 19.2 Å². The number of hydrogen-bond donors (Lipinski definition) is 0. The zero-order valence-electron chi connectivity index (χ0n) is 18.5. The van der Waals surface area contributed by atoms with Crippen LogP contribution in [-0.2, 0) is 14.4 Å². The Balaban J connectivity index is 1.50. The molecule has 0 aromatic heterocycles. The van der Waals surface area contributed by atoms with E-state index < -0.39 is 18.1 Å². The Morgan fingerprint density at radius 1 is 0.818 bits per heavy atom. The summed E-state index contributed by atoms with van der Waals surface area (Å²) in [7, 11) is 0. The number of para-hydroxylation sites is 2. The van der Waals surface area contributed by atoms with Crippen molar-refractivity contribution in [2.75, 3.05) is 16.6 Å². The third kappa shape index (κ3) is 3.87. The van der Waals surface area contributed by atoms with E-state index >= 15 is 0 Å². The molecule has 0 spiro atoms. The van der Waals surface area contributed by atoms with E-state index in [4.69, 9.17) is 9.57 Å². The number of unbranched alkanes of at least 4 members (excludes halogenated alkanes) is 1. The third-order valence-electron chi connectivity index (χ3n) is 6.13. The Hall–Kier alpha value is -3.64. The fourth-order valence-corrected chi connectivity index (χ4v) is 4.48. The molecule has 5 rings (SSSR count). The maximum atomic E-state index is 13.6. The maximum Gasteiger partial charge on any atom is 0.266 e. The van der Waals surface area contributed by atoms with Crippen LogP contribution in [0, 0.1) is 5.92 Å². The fourth-order valence-electron chi connectivity index (χ4n) is 4.48. The van der Waals surface area contributed by atoms with Crippen LogP contribution in [0.15, 0.2) is 84.9 Å². The molecule has 0 saturated carbocycles. The van der Waals surface area contributed by atoms with E-state index in [0.29, 0.717) is 12.3 Å². The summed E-state index contributed by atoms with van der Waals surface area (Å²) in [6, 6.07) is 25.9. The molecule has 2 heterocycles. The molecule has 0 aliphatic carbocycles. The maximum absolute atomic E-state index is 13.6. The van der Waals surface area contributed by atoms with Crippen LogP contribution in [0.2, 0.25) is 0 Å². The van der Waals surface area contributed by atoms with E-state index in [1.807, 2.05) is 72.8 Å². The summed E-state index contributed by atoms with van der Waals surface area (Å²) in [5, 5.41) is 1.71. The molecule has 3 aromatic carbocycles. The molecule has 0 radical (unpaired) electrons. The van der Waals surface area contributed by atoms with E-state index in [0.717, 1.165) is 29.8 Å². The standard InChI is InChI=1S/C27H26N2O4/c1-2-3-18-32-22-16-14-19(15-17-22)24-23-25(33-29(24)21-12-8-5-9-13-21)27(31)28(26(23)30)20-10-6-4-7-11-20/h4-17,23-25H,2-3,18H2,1H3/t23-,24+,25+/m0/s1. The van der Waals surface area contributed by atoms with Crippen molar-refractivity contribution in [1.29, 1.82) is 0 Å². The Bertz CT molecular complexity index is 1120. The molecule has 2 amide bonds. The minimum Gasteiger partial charge on any atom is -0.494 e. The van der Waals surface area contributed by atoms with Crippen molar-refractivity contribution >= 4 is 23.2 Å². The second-order valence-corrected chi connectivity index (χ2v) is 8.28. The number of carbonyl (C=O) groups is 2. The molecule has 0 N–H and O–H groups in total. The smallest absolute Gasteiger partial charge is 0.266 e. The number of ether oxygens (including phenoxy) is 1. The molecular formula is C27H26N2O4. The highest BCUT2D eigenvalue weighted by molar-refractivity contribution is 6.23. The molecule has 0 unspecified atom stereocenters. The van der Waals surface area contributed by atoms with E-state index in [2.05, 4.69) is 6.92 Å². The zero-order valence-corrected chi connectivity index (χ0v) is 18.5. The van der Waals surface area contributed by atoms with Gasteiger partial charge in [0.25, 0.3) is 5.91 Å². The van der Waals surface area contributed by atoms with Gasteiger partial charge in [0, 0.05) is 0 Å². The number of fused-ring (bicyclic) bond motifs is 1. The van der Waals surface area contributed by atoms with Gasteiger partial charge in [-0.2, -0.15) is 0 Å². The number of hydroxylamine groups is 1. The first-order valence-electron chi connectivity index (χ1n) is 11.4. The summed E-state index contributed by atoms with van der Waals surface area (Å²) in [4.78, 5) is 34.3. The Kier molecular flexibility index (Phi) is 5.84. The number of amides is 2. The predicted octanol–water partition coefficient (Wildman–Crippen LogP) is 4.92. The largest absolute Gasteiger partial charge is 0.494 e. The topological polar surface area (TPSA) is 59.1 Å². The zero-order chi connectivity index (χ0) is 22.8. The number of anilines is 2. The van der Waals surface area contributed by atoms with Crippen molar-refractivity contribution in [2.24, 2.45) is 5.92 Å². The van der Waals surface area contributed by atoms with Crippen molar-refractivity contribution in [3.8, 4) is 5.75 Å². The predicted molar refractivity (Wildman–Crippen MR) is 126 cm³/mol. The summed E-state index contributed by atoms with van der Waals surface area (Å²) < 4.78 is 5.80. The SMILES string of the molecule is CCCCOc1ccc([C@@H]2[C@@H]3C(=O)N(c4ccccc4)C(=O)[C@@H]3ON2c2ccccc2)cc1. The lowest BCUT2D eigenvalue weighted by molar-refractivity contribution is -0.126. The minimum absolute atomic E-state index is 0.247. The van der Waals surface area contributed by atoms with Crippen LogP contribution in [0.3, 0.4) is 0 Å². The molecule has 2 aliphatic rings. The quantitative estimate of drug-likeness (QED) is 0.384. The Labute approximate surface area is 193 Å². The molecule has 3 aromatic rings. The number of rotatable bonds is 7. The summed E-state index contributed by atoms with van der Waals surface area (Å²) >= 11 is 0. The van der Waals surface area contributed by atoms with Crippen LogP contribution in [0.25, 0.3) is 0 Å². The van der Waals surface area contributed by atoms with E-state index in [1.165, 1.54) is 4.90 Å². The molecule has 2 aliphatic heterocycles. The number of benzene rings is 3. The monoisotopic (exact) mass is 442 g/mol. The summed E-state index contributed by atoms with van der Waals surface area (Å²) in [6.07, 6.45) is 1.19. The fraction of sp³-hybridized carbons (Fsp3) is 0.259. The van der Waals surface area contributed by atoms with Gasteiger partial charge in [-0.15, -0.1) is 0 Å². The van der Waals surface area contributed by atoms with Gasteiger partial charge in [-0.3, -0.25) is 14.4 Å². The Morgan fingerprint density at radius 2 is 1.45 bits per heavy atom. The number of hydrogen-bond acceptors (Lipinski definition) is 5. The number of carbonyl (C=O) groups excluding carboxylic acids is 2. The first-order chi connectivity index (χ1) is 16.2. The van der Waals surface area contributed by atoms with Gasteiger partial charge in [0.1, 0.15) is 11.7 Å². The number of imide groups is 1. The molecule has 168 valence electrons. The van der Waals surface area contributed by atoms with Gasteiger partial charge in [0.05, 0.1) is 24.0 Å². The van der Waals surface area contributed by atoms with Crippen LogP contribution in [0.4, 0.5) is 11.4 Å². The van der Waals surface area contributed by atoms with Crippen LogP contribution >= 0.6 is 0 Å². The molecular weight excluding hydrogens is 416 g/mol. The molecule has 2 saturated heterocycles. The highest BCUT2D eigenvalue weighted by Gasteiger charge is 2.60. The van der Waals surface area contributed by atoms with E-state index in [9.17, 15) is 9.59 Å². The van der Waals surface area contributed by atoms with Crippen LogP contribution < -0.4 is 14.7 Å². The van der Waals surface area contributed by atoms with Crippen LogP contribution in [-0.4, -0.2) is 24.5 Å². The van der Waals surface area contributed by atoms with Gasteiger partial charge in [-0.1, -0.05) is 61.9 Å². The first kappa shape index (κ1) is 21.2. The molecule has 6 heteroatoms. The average molecular weight is 443 g/mol. The lowest BCUT2D eigenvalue weighted by atomic mass is 9.90. The van der Waals surface area contributed by atoms with E-state index in [-0.39, 0.29) is 11.8 Å². The second-order valence-electron chi connectivity index (χ2n) is 8.28. The highest BCUT2D eigenvalue weighted by atomic mass is 16.7. The van der Waals surface area contributed by atoms with Crippen LogP contribution in [0.5, 0.6) is 5.75 Å². The molecule has 6 nitrogen and oxygen atoms in total. The molecule has 2 fully saturated rings. The van der Waals surface area contributed by atoms with Gasteiger partial charge >= 0.3 is 0 Å². The lowest BCUT2D eigenvalue weighted by Gasteiger charge is -2.28. The lowest BCUT2D eigenvalue weighted by Crippen LogP contribution is -2.37. The summed E-state index contributed by atoms with van der Waals surface area (Å²) in [6.45, 7) is 2.79. The van der Waals surface area contributed by atoms with Gasteiger partial charge < -0.3 is 4.74 Å². The Morgan fingerprint density at radius 3 is 2.09 bits per heavy atom. The molecule has 3 atom stereocenters. The average Bonchev–Trinajstić information content (AvgIpc) is 3.37. The van der Waals surface area contributed by atoms with Crippen molar-refractivity contribution in [1.82, 2.24) is 0 Å². The van der Waals surface area contributed by atoms with Gasteiger partial charge in [0.2, 0.25) is 5.91 Å². The van der Waals surface area contributed by atoms with Crippen molar-refractivity contribution in [3.63, 3.8) is 0 Å². The highest BCUT2D eigenvalue weighted by Crippen LogP contribution is 2.47. The van der Waals surface area contributed by atoms with Gasteiger partial charge in [-0.05, 0) is 48.4 Å².